The summed E-state index contributed by atoms with van der Waals surface area (Å²) in [4.78, 5) is 11.9. The molecule has 0 aliphatic rings. The Kier molecular flexibility index (Phi) is 4.57. The molecule has 94 valence electrons. The normalized spacial score (nSPS) is 11.5. The molecule has 1 aromatic carbocycles. The van der Waals surface area contributed by atoms with Crippen molar-refractivity contribution in [1.82, 2.24) is 0 Å². The van der Waals surface area contributed by atoms with Crippen LogP contribution in [0.2, 0.25) is 0 Å². The Morgan fingerprint density at radius 2 is 1.94 bits per heavy atom. The van der Waals surface area contributed by atoms with Crippen molar-refractivity contribution >= 4 is 13.4 Å². The summed E-state index contributed by atoms with van der Waals surface area (Å²) in [6.45, 7) is 1.61. The molecule has 1 rings (SSSR count). The van der Waals surface area contributed by atoms with Crippen LogP contribution < -0.4 is 0 Å². The van der Waals surface area contributed by atoms with E-state index in [1.807, 2.05) is 0 Å². The van der Waals surface area contributed by atoms with Gasteiger partial charge in [0.15, 0.2) is 5.78 Å². The molecule has 0 N–H and O–H groups in total. The third-order valence-electron chi connectivity index (χ3n) is 2.38. The third-order valence-corrected chi connectivity index (χ3v) is 4.17. The molecule has 0 saturated heterocycles. The van der Waals surface area contributed by atoms with Gasteiger partial charge in [-0.25, -0.2) is 4.39 Å². The number of aryl methyl sites for hydroxylation is 1. The lowest BCUT2D eigenvalue weighted by molar-refractivity contribution is 0.101. The van der Waals surface area contributed by atoms with Gasteiger partial charge in [0.1, 0.15) is 12.0 Å². The molecule has 0 aromatic heterocycles. The number of carbonyl (C=O) groups is 1. The summed E-state index contributed by atoms with van der Waals surface area (Å²) in [5, 5.41) is 0. The smallest absolute Gasteiger partial charge is 0.312 e. The Labute approximate surface area is 99.3 Å². The van der Waals surface area contributed by atoms with E-state index < -0.39 is 19.2 Å². The molecule has 4 nitrogen and oxygen atoms in total. The Bertz CT molecular complexity index is 465. The van der Waals surface area contributed by atoms with E-state index in [2.05, 4.69) is 9.05 Å². The minimum atomic E-state index is -3.38. The van der Waals surface area contributed by atoms with Gasteiger partial charge in [0.2, 0.25) is 0 Å². The van der Waals surface area contributed by atoms with Crippen LogP contribution in [0.25, 0.3) is 0 Å². The van der Waals surface area contributed by atoms with Crippen molar-refractivity contribution in [3.8, 4) is 0 Å². The van der Waals surface area contributed by atoms with Crippen molar-refractivity contribution in [2.24, 2.45) is 0 Å². The van der Waals surface area contributed by atoms with E-state index in [1.54, 1.807) is 6.92 Å². The second kappa shape index (κ2) is 5.54. The first-order valence-corrected chi connectivity index (χ1v) is 6.64. The van der Waals surface area contributed by atoms with Crippen molar-refractivity contribution in [3.63, 3.8) is 0 Å². The van der Waals surface area contributed by atoms with Gasteiger partial charge in [0, 0.05) is 19.8 Å². The second-order valence-electron chi connectivity index (χ2n) is 3.52. The number of hydrogen-bond donors (Lipinski definition) is 0. The van der Waals surface area contributed by atoms with Crippen LogP contribution in [0.5, 0.6) is 0 Å². The first-order valence-electron chi connectivity index (χ1n) is 4.92. The largest absolute Gasteiger partial charge is 0.337 e. The van der Waals surface area contributed by atoms with Crippen molar-refractivity contribution in [2.75, 3.05) is 20.4 Å². The molecule has 0 bridgehead atoms. The summed E-state index contributed by atoms with van der Waals surface area (Å²) >= 11 is 0. The number of halogens is 1. The average Bonchev–Trinajstić information content (AvgIpc) is 2.28. The Balaban J connectivity index is 2.94. The molecule has 0 fully saturated rings. The highest BCUT2D eigenvalue weighted by molar-refractivity contribution is 7.54. The van der Waals surface area contributed by atoms with Crippen molar-refractivity contribution in [3.05, 3.63) is 35.1 Å². The van der Waals surface area contributed by atoms with Crippen LogP contribution in [0.1, 0.15) is 15.9 Å². The average molecular weight is 260 g/mol. The van der Waals surface area contributed by atoms with E-state index in [0.29, 0.717) is 11.1 Å². The number of carbonyl (C=O) groups excluding carboxylic acids is 1. The quantitative estimate of drug-likeness (QED) is 0.603. The maximum atomic E-state index is 12.9. The highest BCUT2D eigenvalue weighted by atomic mass is 31.2. The minimum absolute atomic E-state index is 0.320. The zero-order valence-electron chi connectivity index (χ0n) is 9.90. The molecule has 0 amide bonds. The SMILES string of the molecule is COP(=O)(CC(=O)c1ccc(F)cc1C)OC. The summed E-state index contributed by atoms with van der Waals surface area (Å²) in [6, 6.07) is 3.80. The molecular weight excluding hydrogens is 246 g/mol. The summed E-state index contributed by atoms with van der Waals surface area (Å²) in [7, 11) is -0.943. The van der Waals surface area contributed by atoms with Crippen molar-refractivity contribution in [2.45, 2.75) is 6.92 Å². The van der Waals surface area contributed by atoms with Gasteiger partial charge in [0.25, 0.3) is 0 Å². The molecule has 1 aromatic rings. The van der Waals surface area contributed by atoms with E-state index in [0.717, 1.165) is 0 Å². The number of hydrogen-bond acceptors (Lipinski definition) is 4. The van der Waals surface area contributed by atoms with Crippen LogP contribution in [-0.4, -0.2) is 26.2 Å². The van der Waals surface area contributed by atoms with Gasteiger partial charge in [-0.05, 0) is 30.7 Å². The van der Waals surface area contributed by atoms with Gasteiger partial charge < -0.3 is 9.05 Å². The zero-order chi connectivity index (χ0) is 13.1. The fourth-order valence-electron chi connectivity index (χ4n) is 1.40. The minimum Gasteiger partial charge on any atom is -0.312 e. The van der Waals surface area contributed by atoms with E-state index >= 15 is 0 Å². The van der Waals surface area contributed by atoms with Gasteiger partial charge in [-0.3, -0.25) is 9.36 Å². The van der Waals surface area contributed by atoms with E-state index in [4.69, 9.17) is 0 Å². The number of benzene rings is 1. The fourth-order valence-corrected chi connectivity index (χ4v) is 2.33. The topological polar surface area (TPSA) is 52.6 Å². The molecule has 0 spiro atoms. The van der Waals surface area contributed by atoms with Gasteiger partial charge >= 0.3 is 7.60 Å². The van der Waals surface area contributed by atoms with Gasteiger partial charge in [-0.15, -0.1) is 0 Å². The Morgan fingerprint density at radius 1 is 1.35 bits per heavy atom. The van der Waals surface area contributed by atoms with Crippen LogP contribution in [-0.2, 0) is 13.6 Å². The highest BCUT2D eigenvalue weighted by Crippen LogP contribution is 2.46. The first-order chi connectivity index (χ1) is 7.91. The van der Waals surface area contributed by atoms with Gasteiger partial charge in [-0.2, -0.15) is 0 Å². The predicted molar refractivity (Wildman–Crippen MR) is 62.0 cm³/mol. The van der Waals surface area contributed by atoms with Crippen molar-refractivity contribution in [1.29, 1.82) is 0 Å². The monoisotopic (exact) mass is 260 g/mol. The fraction of sp³-hybridized carbons (Fsp3) is 0.364. The maximum absolute atomic E-state index is 12.9. The first kappa shape index (κ1) is 14.0. The molecule has 6 heteroatoms. The summed E-state index contributed by atoms with van der Waals surface area (Å²) < 4.78 is 34.0. The van der Waals surface area contributed by atoms with Crippen LogP contribution in [0.4, 0.5) is 4.39 Å². The van der Waals surface area contributed by atoms with Gasteiger partial charge in [0.05, 0.1) is 0 Å². The Hall–Kier alpha value is -1.03. The molecular formula is C11H14FO4P. The second-order valence-corrected chi connectivity index (χ2v) is 5.78. The third kappa shape index (κ3) is 3.46. The number of ketones is 1. The summed E-state index contributed by atoms with van der Waals surface area (Å²) in [5.41, 5.74) is 0.814. The molecule has 0 unspecified atom stereocenters. The van der Waals surface area contributed by atoms with Crippen molar-refractivity contribution < 1.29 is 22.8 Å². The highest BCUT2D eigenvalue weighted by Gasteiger charge is 2.26. The molecule has 0 aliphatic heterocycles. The molecule has 17 heavy (non-hydrogen) atoms. The van der Waals surface area contributed by atoms with Crippen LogP contribution in [0.15, 0.2) is 18.2 Å². The Morgan fingerprint density at radius 3 is 2.41 bits per heavy atom. The molecule has 0 heterocycles. The van der Waals surface area contributed by atoms with E-state index in [-0.39, 0.29) is 6.16 Å². The summed E-state index contributed by atoms with van der Waals surface area (Å²) in [6.07, 6.45) is -0.355. The van der Waals surface area contributed by atoms with Crippen LogP contribution >= 0.6 is 7.60 Å². The van der Waals surface area contributed by atoms with E-state index in [9.17, 15) is 13.8 Å². The van der Waals surface area contributed by atoms with Crippen LogP contribution in [0, 0.1) is 12.7 Å². The lowest BCUT2D eigenvalue weighted by atomic mass is 10.1. The lowest BCUT2D eigenvalue weighted by Gasteiger charge is -2.13. The molecule has 0 saturated carbocycles. The number of Topliss-reactive ketones (excluding diaryl/α,β-unsaturated/α-hetero) is 1. The van der Waals surface area contributed by atoms with E-state index in [1.165, 1.54) is 32.4 Å². The zero-order valence-corrected chi connectivity index (χ0v) is 10.8. The number of rotatable bonds is 5. The van der Waals surface area contributed by atoms with Crippen LogP contribution in [0.3, 0.4) is 0 Å². The molecule has 0 atom stereocenters. The molecule has 0 aliphatic carbocycles. The lowest BCUT2D eigenvalue weighted by Crippen LogP contribution is -2.10. The standard InChI is InChI=1S/C11H14FO4P/c1-8-6-9(12)4-5-10(8)11(13)7-17(14,15-2)16-3/h4-6H,7H2,1-3H3. The summed E-state index contributed by atoms with van der Waals surface area (Å²) in [5.74, 6) is -0.810. The van der Waals surface area contributed by atoms with Gasteiger partial charge in [-0.1, -0.05) is 0 Å². The maximum Gasteiger partial charge on any atom is 0.337 e. The molecule has 0 radical (unpaired) electrons. The predicted octanol–water partition coefficient (Wildman–Crippen LogP) is 2.80.